The van der Waals surface area contributed by atoms with Crippen LogP contribution in [0.15, 0.2) is 48.3 Å². The Kier molecular flexibility index (Phi) is 1.32. The van der Waals surface area contributed by atoms with Crippen molar-refractivity contribution in [3.05, 3.63) is 59.5 Å². The lowest BCUT2D eigenvalue weighted by Gasteiger charge is -2.23. The molecule has 2 aromatic rings. The van der Waals surface area contributed by atoms with Crippen LogP contribution in [0.2, 0.25) is 0 Å². The van der Waals surface area contributed by atoms with Crippen molar-refractivity contribution < 1.29 is 17.8 Å². The minimum absolute atomic E-state index is 0.0354. The highest BCUT2D eigenvalue weighted by atomic mass is 14.2. The lowest BCUT2D eigenvalue weighted by molar-refractivity contribution is 0.443. The normalized spacial score (nSPS) is 48.4. The van der Waals surface area contributed by atoms with Crippen LogP contribution in [0, 0.1) is 6.92 Å². The molecule has 0 heterocycles. The molecule has 98 valence electrons. The van der Waals surface area contributed by atoms with Crippen molar-refractivity contribution in [1.82, 2.24) is 0 Å². The Morgan fingerprint density at radius 3 is 2.42 bits per heavy atom. The van der Waals surface area contributed by atoms with Crippen LogP contribution in [-0.4, -0.2) is 0 Å². The second-order valence-electron chi connectivity index (χ2n) is 4.28. The predicted molar refractivity (Wildman–Crippen MR) is 82.4 cm³/mol. The fourth-order valence-corrected chi connectivity index (χ4v) is 1.97. The zero-order chi connectivity index (χ0) is 24.4. The van der Waals surface area contributed by atoms with Gasteiger partial charge in [0.1, 0.15) is 0 Å². The summed E-state index contributed by atoms with van der Waals surface area (Å²) in [5.41, 5.74) is -0.812. The number of hydrogen-bond acceptors (Lipinski definition) is 0. The van der Waals surface area contributed by atoms with Crippen LogP contribution < -0.4 is 0 Å². The van der Waals surface area contributed by atoms with Crippen LogP contribution in [0.1, 0.15) is 66.8 Å². The van der Waals surface area contributed by atoms with Gasteiger partial charge in [-0.05, 0) is 42.3 Å². The first-order chi connectivity index (χ1) is 14.7. The number of rotatable bonds is 2. The zero-order valence-corrected chi connectivity index (χ0v) is 10.5. The Labute approximate surface area is 134 Å². The standard InChI is InChI=1S/C19H22/c1-15-12-18(16-8-4-2-5-9-16)14-19(13-15)17-10-6-3-7-11-17/h2,4-5,8-9,12-14,17H,3,6-7,10-11H2,1H3/i2D,3D,4D,5D,6D,7D,8D,9D,10D,11D,12D,13D,14D. The Morgan fingerprint density at radius 2 is 1.68 bits per heavy atom. The maximum absolute atomic E-state index is 8.74. The minimum Gasteiger partial charge on any atom is -0.0622 e. The maximum Gasteiger partial charge on any atom is 0.0632 e. The second-order valence-corrected chi connectivity index (χ2v) is 4.28. The summed E-state index contributed by atoms with van der Waals surface area (Å²) in [5, 5.41) is 0. The molecule has 2 aromatic carbocycles. The van der Waals surface area contributed by atoms with Crippen LogP contribution in [0.4, 0.5) is 0 Å². The average molecular weight is 263 g/mol. The third kappa shape index (κ3) is 2.89. The fraction of sp³-hybridized carbons (Fsp3) is 0.368. The zero-order valence-electron chi connectivity index (χ0n) is 23.5. The van der Waals surface area contributed by atoms with Crippen molar-refractivity contribution in [2.45, 2.75) is 44.8 Å². The summed E-state index contributed by atoms with van der Waals surface area (Å²) in [5.74, 6) is -1.25. The van der Waals surface area contributed by atoms with Gasteiger partial charge in [0, 0.05) is 6.85 Å². The van der Waals surface area contributed by atoms with E-state index in [0.717, 1.165) is 0 Å². The molecular weight excluding hydrogens is 228 g/mol. The monoisotopic (exact) mass is 263 g/mol. The van der Waals surface area contributed by atoms with Gasteiger partial charge in [-0.2, -0.15) is 0 Å². The van der Waals surface area contributed by atoms with Gasteiger partial charge in [-0.3, -0.25) is 0 Å². The van der Waals surface area contributed by atoms with E-state index in [0.29, 0.717) is 0 Å². The van der Waals surface area contributed by atoms with Crippen LogP contribution in [0.5, 0.6) is 0 Å². The van der Waals surface area contributed by atoms with Gasteiger partial charge in [0.15, 0.2) is 0 Å². The molecule has 4 unspecified atom stereocenters. The maximum atomic E-state index is 8.74. The highest BCUT2D eigenvalue weighted by Crippen LogP contribution is 2.35. The van der Waals surface area contributed by atoms with E-state index in [-0.39, 0.29) is 34.3 Å². The molecular formula is C19H22. The highest BCUT2D eigenvalue weighted by molar-refractivity contribution is 5.65. The van der Waals surface area contributed by atoms with Crippen LogP contribution in [0.3, 0.4) is 0 Å². The fourth-order valence-electron chi connectivity index (χ4n) is 1.97. The van der Waals surface area contributed by atoms with Crippen molar-refractivity contribution in [3.8, 4) is 11.1 Å². The molecule has 4 atom stereocenters. The molecule has 0 saturated heterocycles. The summed E-state index contributed by atoms with van der Waals surface area (Å²) in [6, 6.07) is -4.34. The summed E-state index contributed by atoms with van der Waals surface area (Å²) >= 11 is 0. The number of benzene rings is 2. The van der Waals surface area contributed by atoms with Gasteiger partial charge >= 0.3 is 0 Å². The van der Waals surface area contributed by atoms with Crippen LogP contribution in [-0.2, 0) is 0 Å². The first-order valence-corrected chi connectivity index (χ1v) is 6.04. The Morgan fingerprint density at radius 1 is 0.947 bits per heavy atom. The number of hydrogen-bond donors (Lipinski definition) is 0. The van der Waals surface area contributed by atoms with Gasteiger partial charge in [-0.25, -0.2) is 0 Å². The van der Waals surface area contributed by atoms with Crippen LogP contribution >= 0.6 is 0 Å². The van der Waals surface area contributed by atoms with Gasteiger partial charge in [0.05, 0.1) is 11.0 Å². The molecule has 1 aliphatic rings. The summed E-state index contributed by atoms with van der Waals surface area (Å²) < 4.78 is 107. The topological polar surface area (TPSA) is 0 Å². The highest BCUT2D eigenvalue weighted by Gasteiger charge is 2.16. The summed E-state index contributed by atoms with van der Waals surface area (Å²) in [7, 11) is 0. The van der Waals surface area contributed by atoms with Gasteiger partial charge in [0.25, 0.3) is 0 Å². The smallest absolute Gasteiger partial charge is 0.0622 e. The van der Waals surface area contributed by atoms with Crippen molar-refractivity contribution in [3.63, 3.8) is 0 Å². The predicted octanol–water partition coefficient (Wildman–Crippen LogP) is 5.71. The Balaban J connectivity index is 2.40. The Bertz CT molecular complexity index is 1040. The summed E-state index contributed by atoms with van der Waals surface area (Å²) in [6.07, 6.45) is -6.74. The van der Waals surface area contributed by atoms with Gasteiger partial charge in [-0.15, -0.1) is 0 Å². The van der Waals surface area contributed by atoms with Gasteiger partial charge in [0.2, 0.25) is 0 Å². The first-order valence-electron chi connectivity index (χ1n) is 12.9. The van der Waals surface area contributed by atoms with Crippen molar-refractivity contribution in [1.29, 1.82) is 0 Å². The average Bonchev–Trinajstić information content (AvgIpc) is 2.76. The molecule has 0 amide bonds. The van der Waals surface area contributed by atoms with Crippen LogP contribution in [0.25, 0.3) is 11.1 Å². The minimum atomic E-state index is -1.38. The third-order valence-electron chi connectivity index (χ3n) is 2.84. The molecule has 0 aliphatic heterocycles. The van der Waals surface area contributed by atoms with Gasteiger partial charge < -0.3 is 0 Å². The summed E-state index contributed by atoms with van der Waals surface area (Å²) in [4.78, 5) is 0. The largest absolute Gasteiger partial charge is 0.0632 e. The molecule has 0 aromatic heterocycles. The van der Waals surface area contributed by atoms with Gasteiger partial charge in [-0.1, -0.05) is 73.1 Å². The third-order valence-corrected chi connectivity index (χ3v) is 2.84. The first kappa shape index (κ1) is 4.48. The molecule has 0 heteroatoms. The van der Waals surface area contributed by atoms with Crippen molar-refractivity contribution >= 4 is 0 Å². The van der Waals surface area contributed by atoms with E-state index >= 15 is 0 Å². The molecule has 3 rings (SSSR count). The molecule has 1 aliphatic carbocycles. The molecule has 0 nitrogen and oxygen atoms in total. The lowest BCUT2D eigenvalue weighted by atomic mass is 9.82. The van der Waals surface area contributed by atoms with E-state index in [9.17, 15) is 0 Å². The lowest BCUT2D eigenvalue weighted by Crippen LogP contribution is -2.04. The molecule has 0 N–H and O–H groups in total. The van der Waals surface area contributed by atoms with Crippen molar-refractivity contribution in [2.75, 3.05) is 0 Å². The molecule has 1 saturated carbocycles. The van der Waals surface area contributed by atoms with E-state index in [1.807, 2.05) is 0 Å². The van der Waals surface area contributed by atoms with E-state index in [4.69, 9.17) is 17.8 Å². The molecule has 0 spiro atoms. The SMILES string of the molecule is [2H]c1c([2H])c([2H])c(-c2c([2H])c(C)c([2H])c(C3C([2H])C([2H])C([2H])C([2H])C3[2H])c2[2H])c([2H])c1[2H]. The molecule has 19 heavy (non-hydrogen) atoms. The van der Waals surface area contributed by atoms with Crippen molar-refractivity contribution in [2.24, 2.45) is 0 Å². The second kappa shape index (κ2) is 5.61. The summed E-state index contributed by atoms with van der Waals surface area (Å²) in [6.45, 7) is 1.40. The van der Waals surface area contributed by atoms with E-state index in [2.05, 4.69) is 0 Å². The van der Waals surface area contributed by atoms with E-state index in [1.54, 1.807) is 0 Å². The van der Waals surface area contributed by atoms with E-state index in [1.165, 1.54) is 6.92 Å². The molecule has 1 fully saturated rings. The quantitative estimate of drug-likeness (QED) is 0.651. The molecule has 0 bridgehead atoms. The van der Waals surface area contributed by atoms with E-state index < -0.39 is 74.2 Å². The Hall–Kier alpha value is -1.56. The molecule has 0 radical (unpaired) electrons.